The number of carbonyl (C=O) groups excluding carboxylic acids is 1. The number of amides is 1. The highest BCUT2D eigenvalue weighted by Crippen LogP contribution is 2.34. The fraction of sp³-hybridized carbons (Fsp3) is 0.458. The molecule has 2 N–H and O–H groups in total. The summed E-state index contributed by atoms with van der Waals surface area (Å²) in [6.07, 6.45) is 6.42. The molecule has 2 heterocycles. The number of ether oxygens (including phenoxy) is 2. The number of nitrogens with one attached hydrogen (secondary N) is 1. The van der Waals surface area contributed by atoms with E-state index >= 15 is 0 Å². The van der Waals surface area contributed by atoms with Crippen molar-refractivity contribution in [2.45, 2.75) is 44.8 Å². The van der Waals surface area contributed by atoms with Crippen LogP contribution in [0.15, 0.2) is 35.1 Å². The molecule has 194 valence electrons. The summed E-state index contributed by atoms with van der Waals surface area (Å²) in [5.74, 6) is -0.204. The molecule has 10 nitrogen and oxygen atoms in total. The van der Waals surface area contributed by atoms with Gasteiger partial charge >= 0.3 is 0 Å². The molecular weight excluding hydrogens is 489 g/mol. The van der Waals surface area contributed by atoms with Crippen LogP contribution in [0, 0.1) is 12.7 Å². The smallest absolute Gasteiger partial charge is 0.286 e. The van der Waals surface area contributed by atoms with Crippen molar-refractivity contribution in [2.24, 2.45) is 4.36 Å². The molecule has 0 aliphatic heterocycles. The van der Waals surface area contributed by atoms with Crippen LogP contribution in [0.2, 0.25) is 0 Å². The van der Waals surface area contributed by atoms with E-state index in [1.165, 1.54) is 42.5 Å². The zero-order valence-corrected chi connectivity index (χ0v) is 21.3. The molecule has 1 fully saturated rings. The fourth-order valence-electron chi connectivity index (χ4n) is 4.14. The van der Waals surface area contributed by atoms with Crippen LogP contribution >= 0.6 is 0 Å². The van der Waals surface area contributed by atoms with Gasteiger partial charge in [0.1, 0.15) is 23.4 Å². The van der Waals surface area contributed by atoms with Gasteiger partial charge in [-0.05, 0) is 50.3 Å². The molecule has 4 rings (SSSR count). The second kappa shape index (κ2) is 10.9. The Kier molecular flexibility index (Phi) is 7.86. The number of aliphatic hydroxyl groups is 1. The maximum absolute atomic E-state index is 14.1. The fourth-order valence-corrected chi connectivity index (χ4v) is 5.16. The Labute approximate surface area is 209 Å². The zero-order chi connectivity index (χ0) is 25.9. The van der Waals surface area contributed by atoms with Gasteiger partial charge in [0.15, 0.2) is 5.82 Å². The first kappa shape index (κ1) is 26.0. The minimum Gasteiger partial charge on any atom is -0.488 e. The van der Waals surface area contributed by atoms with Crippen LogP contribution in [0.3, 0.4) is 0 Å². The van der Waals surface area contributed by atoms with Gasteiger partial charge in [0.2, 0.25) is 0 Å². The second-order valence-corrected chi connectivity index (χ2v) is 11.4. The van der Waals surface area contributed by atoms with Gasteiger partial charge in [-0.1, -0.05) is 0 Å². The van der Waals surface area contributed by atoms with E-state index in [9.17, 15) is 18.5 Å². The molecule has 0 saturated heterocycles. The van der Waals surface area contributed by atoms with E-state index in [0.29, 0.717) is 54.0 Å². The van der Waals surface area contributed by atoms with Gasteiger partial charge in [-0.15, -0.1) is 0 Å². The molecule has 1 aliphatic rings. The van der Waals surface area contributed by atoms with E-state index in [-0.39, 0.29) is 30.1 Å². The first-order chi connectivity index (χ1) is 17.2. The number of anilines is 2. The quantitative estimate of drug-likeness (QED) is 0.463. The third-order valence-corrected chi connectivity index (χ3v) is 7.61. The molecule has 1 amide bonds. The topological polar surface area (TPSA) is 127 Å². The molecule has 36 heavy (non-hydrogen) atoms. The van der Waals surface area contributed by atoms with Crippen LogP contribution in [0.25, 0.3) is 5.52 Å². The molecule has 0 spiro atoms. The number of halogens is 1. The third kappa shape index (κ3) is 6.00. The summed E-state index contributed by atoms with van der Waals surface area (Å²) >= 11 is 0. The highest BCUT2D eigenvalue weighted by molar-refractivity contribution is 7.93. The van der Waals surface area contributed by atoms with Crippen LogP contribution in [0.1, 0.15) is 41.6 Å². The van der Waals surface area contributed by atoms with E-state index in [1.54, 1.807) is 13.0 Å². The molecule has 3 aromatic rings. The normalized spacial score (nSPS) is 19.6. The van der Waals surface area contributed by atoms with Crippen LogP contribution < -0.4 is 10.1 Å². The highest BCUT2D eigenvalue weighted by Gasteiger charge is 2.23. The minimum absolute atomic E-state index is 0.135. The minimum atomic E-state index is -2.76. The summed E-state index contributed by atoms with van der Waals surface area (Å²) in [7, 11) is -1.27. The van der Waals surface area contributed by atoms with Crippen LogP contribution in [-0.4, -0.2) is 67.8 Å². The highest BCUT2D eigenvalue weighted by atomic mass is 32.2. The van der Waals surface area contributed by atoms with Crippen molar-refractivity contribution in [2.75, 3.05) is 31.0 Å². The Morgan fingerprint density at radius 2 is 2.08 bits per heavy atom. The van der Waals surface area contributed by atoms with E-state index in [4.69, 9.17) is 9.47 Å². The van der Waals surface area contributed by atoms with Crippen molar-refractivity contribution in [3.05, 3.63) is 47.7 Å². The largest absolute Gasteiger partial charge is 0.488 e. The summed E-state index contributed by atoms with van der Waals surface area (Å²) in [5, 5.41) is 17.1. The maximum Gasteiger partial charge on any atom is 0.286 e. The molecule has 2 aromatic heterocycles. The SMILES string of the molecule is COCCS(C)(=O)=NC(=O)c1cn2ncnc(Nc3ccc(F)cc3O[C@H]3CC[C@H](O)CC3)c2c1C. The van der Waals surface area contributed by atoms with Crippen LogP contribution in [-0.2, 0) is 14.5 Å². The lowest BCUT2D eigenvalue weighted by molar-refractivity contribution is 0.0668. The van der Waals surface area contributed by atoms with Gasteiger partial charge in [-0.2, -0.15) is 9.46 Å². The standard InChI is InChI=1S/C24H30FN5O5S/c1-15-19(24(32)29-36(3,33)11-10-34-2)13-30-22(15)23(26-14-27-30)28-20-9-4-16(25)12-21(20)35-18-7-5-17(31)6-8-18/h4,9,12-14,17-18,31H,5-8,10-11H2,1-3H3,(H,26,27,28)/t17-,18-,36?. The average molecular weight is 520 g/mol. The predicted molar refractivity (Wildman–Crippen MR) is 134 cm³/mol. The summed E-state index contributed by atoms with van der Waals surface area (Å²) in [4.78, 5) is 17.2. The molecule has 12 heteroatoms. The number of fused-ring (bicyclic) bond motifs is 1. The van der Waals surface area contributed by atoms with Crippen molar-refractivity contribution in [1.82, 2.24) is 14.6 Å². The number of carbonyl (C=O) groups is 1. The van der Waals surface area contributed by atoms with Gasteiger partial charge < -0.3 is 19.9 Å². The summed E-state index contributed by atoms with van der Waals surface area (Å²) in [6.45, 7) is 1.96. The molecular formula is C24H30FN5O5S. The van der Waals surface area contributed by atoms with Gasteiger partial charge in [0.05, 0.1) is 45.5 Å². The summed E-state index contributed by atoms with van der Waals surface area (Å²) in [6, 6.07) is 4.18. The number of hydrogen-bond acceptors (Lipinski definition) is 8. The summed E-state index contributed by atoms with van der Waals surface area (Å²) in [5.41, 5.74) is 1.82. The lowest BCUT2D eigenvalue weighted by Crippen LogP contribution is -2.26. The Balaban J connectivity index is 1.65. The Bertz CT molecular complexity index is 1380. The second-order valence-electron chi connectivity index (χ2n) is 8.94. The lowest BCUT2D eigenvalue weighted by atomic mass is 9.95. The van der Waals surface area contributed by atoms with Gasteiger partial charge in [0, 0.05) is 25.6 Å². The number of methoxy groups -OCH3 is 1. The molecule has 0 bridgehead atoms. The van der Waals surface area contributed by atoms with E-state index < -0.39 is 21.5 Å². The van der Waals surface area contributed by atoms with E-state index in [0.717, 1.165) is 0 Å². The van der Waals surface area contributed by atoms with Gasteiger partial charge in [-0.3, -0.25) is 4.79 Å². The van der Waals surface area contributed by atoms with Gasteiger partial charge in [-0.25, -0.2) is 18.1 Å². The van der Waals surface area contributed by atoms with E-state index in [2.05, 4.69) is 19.8 Å². The number of hydrogen-bond donors (Lipinski definition) is 2. The van der Waals surface area contributed by atoms with Crippen molar-refractivity contribution in [3.63, 3.8) is 0 Å². The number of benzene rings is 1. The van der Waals surface area contributed by atoms with Crippen molar-refractivity contribution in [3.8, 4) is 5.75 Å². The van der Waals surface area contributed by atoms with Crippen molar-refractivity contribution < 1.29 is 28.0 Å². The zero-order valence-electron chi connectivity index (χ0n) is 20.4. The van der Waals surface area contributed by atoms with Crippen molar-refractivity contribution in [1.29, 1.82) is 0 Å². The Morgan fingerprint density at radius 3 is 2.81 bits per heavy atom. The van der Waals surface area contributed by atoms with Crippen LogP contribution in [0.4, 0.5) is 15.9 Å². The van der Waals surface area contributed by atoms with Crippen LogP contribution in [0.5, 0.6) is 5.75 Å². The molecule has 1 aliphatic carbocycles. The lowest BCUT2D eigenvalue weighted by Gasteiger charge is -2.27. The predicted octanol–water partition coefficient (Wildman–Crippen LogP) is 3.49. The third-order valence-electron chi connectivity index (χ3n) is 6.13. The number of nitrogens with zero attached hydrogens (tertiary/aromatic N) is 4. The Morgan fingerprint density at radius 1 is 1.33 bits per heavy atom. The first-order valence-electron chi connectivity index (χ1n) is 11.6. The van der Waals surface area contributed by atoms with Crippen molar-refractivity contribution >= 4 is 32.7 Å². The number of aryl methyl sites for hydroxylation is 1. The molecule has 1 atom stereocenters. The number of aromatic nitrogens is 3. The average Bonchev–Trinajstić information content (AvgIpc) is 3.18. The maximum atomic E-state index is 14.1. The number of aliphatic hydroxyl groups excluding tert-OH is 1. The molecule has 1 aromatic carbocycles. The first-order valence-corrected chi connectivity index (χ1v) is 13.7. The van der Waals surface area contributed by atoms with E-state index in [1.807, 2.05) is 0 Å². The van der Waals surface area contributed by atoms with Gasteiger partial charge in [0.25, 0.3) is 5.91 Å². The molecule has 1 saturated carbocycles. The summed E-state index contributed by atoms with van der Waals surface area (Å²) < 4.78 is 43.2. The Hall–Kier alpha value is -3.09. The molecule has 0 radical (unpaired) electrons. The monoisotopic (exact) mass is 519 g/mol. The number of rotatable bonds is 8. The molecule has 1 unspecified atom stereocenters.